The van der Waals surface area contributed by atoms with E-state index < -0.39 is 11.9 Å². The maximum atomic E-state index is 11.8. The highest BCUT2D eigenvalue weighted by molar-refractivity contribution is 6.01. The number of carbonyl (C=O) groups is 2. The molecule has 1 aliphatic rings. The maximum Gasteiger partial charge on any atom is 0.347 e. The number of benzene rings is 1. The van der Waals surface area contributed by atoms with Crippen molar-refractivity contribution >= 4 is 12.3 Å². The second-order valence-corrected chi connectivity index (χ2v) is 4.22. The topological polar surface area (TPSA) is 83.8 Å². The van der Waals surface area contributed by atoms with Gasteiger partial charge in [-0.25, -0.2) is 4.79 Å². The van der Waals surface area contributed by atoms with Gasteiger partial charge in [0.2, 0.25) is 0 Å². The molecule has 5 heteroatoms. The Morgan fingerprint density at radius 2 is 1.94 bits per heavy atom. The van der Waals surface area contributed by atoms with Gasteiger partial charge < -0.3 is 14.9 Å². The molecule has 0 fully saturated rings. The van der Waals surface area contributed by atoms with E-state index in [0.717, 1.165) is 0 Å². The first-order valence-corrected chi connectivity index (χ1v) is 5.34. The van der Waals surface area contributed by atoms with E-state index in [1.165, 1.54) is 6.92 Å². The first kappa shape index (κ1) is 12.2. The summed E-state index contributed by atoms with van der Waals surface area (Å²) in [5, 5.41) is 19.8. The van der Waals surface area contributed by atoms with Gasteiger partial charge in [-0.2, -0.15) is 0 Å². The van der Waals surface area contributed by atoms with Gasteiger partial charge in [0.15, 0.2) is 6.29 Å². The zero-order chi connectivity index (χ0) is 13.6. The van der Waals surface area contributed by atoms with Crippen LogP contribution in [0, 0.1) is 6.92 Å². The van der Waals surface area contributed by atoms with Crippen LogP contribution in [0.1, 0.15) is 44.7 Å². The van der Waals surface area contributed by atoms with E-state index in [-0.39, 0.29) is 39.5 Å². The average molecular weight is 248 g/mol. The molecule has 1 heterocycles. The van der Waals surface area contributed by atoms with Gasteiger partial charge in [0.1, 0.15) is 22.8 Å². The Labute approximate surface area is 103 Å². The van der Waals surface area contributed by atoms with Crippen molar-refractivity contribution in [3.05, 3.63) is 34.6 Å². The molecule has 5 nitrogen and oxygen atoms in total. The lowest BCUT2D eigenvalue weighted by molar-refractivity contribution is 0.0580. The van der Waals surface area contributed by atoms with Crippen LogP contribution < -0.4 is 0 Å². The Balaban J connectivity index is 2.93. The Bertz CT molecular complexity index is 586. The Kier molecular flexibility index (Phi) is 2.62. The van der Waals surface area contributed by atoms with Crippen LogP contribution in [0.15, 0.2) is 12.3 Å². The van der Waals surface area contributed by atoms with Crippen molar-refractivity contribution in [2.45, 2.75) is 19.8 Å². The molecule has 0 saturated carbocycles. The predicted octanol–water partition coefficient (Wildman–Crippen LogP) is 2.01. The lowest BCUT2D eigenvalue weighted by Gasteiger charge is -2.26. The van der Waals surface area contributed by atoms with Gasteiger partial charge in [0.05, 0.1) is 5.56 Å². The van der Waals surface area contributed by atoms with Crippen LogP contribution in [0.4, 0.5) is 0 Å². The maximum absolute atomic E-state index is 11.8. The minimum Gasteiger partial charge on any atom is -0.507 e. The number of cyclic esters (lactones) is 1. The monoisotopic (exact) mass is 248 g/mol. The van der Waals surface area contributed by atoms with Gasteiger partial charge in [0.25, 0.3) is 0 Å². The van der Waals surface area contributed by atoms with Crippen molar-refractivity contribution in [1.29, 1.82) is 0 Å². The van der Waals surface area contributed by atoms with Crippen molar-refractivity contribution in [1.82, 2.24) is 0 Å². The van der Waals surface area contributed by atoms with Crippen molar-refractivity contribution in [3.63, 3.8) is 0 Å². The predicted molar refractivity (Wildman–Crippen MR) is 62.9 cm³/mol. The van der Waals surface area contributed by atoms with Crippen LogP contribution in [0.2, 0.25) is 0 Å². The molecule has 0 aromatic heterocycles. The lowest BCUT2D eigenvalue weighted by atomic mass is 9.85. The van der Waals surface area contributed by atoms with E-state index in [1.807, 2.05) is 0 Å². The smallest absolute Gasteiger partial charge is 0.347 e. The van der Waals surface area contributed by atoms with Crippen LogP contribution in [0.25, 0.3) is 0 Å². The molecule has 0 radical (unpaired) electrons. The van der Waals surface area contributed by atoms with Crippen LogP contribution in [0.5, 0.6) is 11.5 Å². The van der Waals surface area contributed by atoms with Crippen LogP contribution >= 0.6 is 0 Å². The number of aldehydes is 1. The second kappa shape index (κ2) is 3.87. The molecular weight excluding hydrogens is 236 g/mol. The van der Waals surface area contributed by atoms with Crippen LogP contribution in [-0.2, 0) is 4.74 Å². The standard InChI is InChI=1S/C13H12O5/c1-5-7(3)18-13(17)10-9(5)8(4-14)11(15)6(2)12(10)16/h4-5,15-16H,3H2,1-2H3/t5-/m0/s1. The third kappa shape index (κ3) is 1.40. The molecule has 1 atom stereocenters. The van der Waals surface area contributed by atoms with Gasteiger partial charge in [0, 0.05) is 11.5 Å². The highest BCUT2D eigenvalue weighted by Crippen LogP contribution is 2.44. The van der Waals surface area contributed by atoms with E-state index in [9.17, 15) is 19.8 Å². The van der Waals surface area contributed by atoms with Crippen LogP contribution in [0.3, 0.4) is 0 Å². The molecule has 0 bridgehead atoms. The number of hydrogen-bond donors (Lipinski definition) is 2. The first-order chi connectivity index (χ1) is 8.40. The number of phenolic OH excluding ortho intramolecular Hbond substituents is 2. The summed E-state index contributed by atoms with van der Waals surface area (Å²) in [5.41, 5.74) is 0.247. The Morgan fingerprint density at radius 3 is 2.50 bits per heavy atom. The molecule has 18 heavy (non-hydrogen) atoms. The summed E-state index contributed by atoms with van der Waals surface area (Å²) in [5.74, 6) is -1.74. The SMILES string of the molecule is C=C1OC(=O)c2c(O)c(C)c(O)c(C=O)c2[C@H]1C. The summed E-state index contributed by atoms with van der Waals surface area (Å²) in [6.45, 7) is 6.67. The molecule has 0 unspecified atom stereocenters. The van der Waals surface area contributed by atoms with E-state index in [0.29, 0.717) is 6.29 Å². The largest absolute Gasteiger partial charge is 0.507 e. The zero-order valence-corrected chi connectivity index (χ0v) is 9.98. The van der Waals surface area contributed by atoms with Gasteiger partial charge in [-0.1, -0.05) is 13.5 Å². The van der Waals surface area contributed by atoms with Gasteiger partial charge in [-0.3, -0.25) is 4.79 Å². The number of phenols is 2. The van der Waals surface area contributed by atoms with Gasteiger partial charge in [-0.05, 0) is 12.5 Å². The fraction of sp³-hybridized carbons (Fsp3) is 0.231. The van der Waals surface area contributed by atoms with Crippen molar-refractivity contribution in [2.75, 3.05) is 0 Å². The summed E-state index contributed by atoms with van der Waals surface area (Å²) >= 11 is 0. The average Bonchev–Trinajstić information content (AvgIpc) is 2.33. The van der Waals surface area contributed by atoms with Gasteiger partial charge >= 0.3 is 5.97 Å². The number of rotatable bonds is 1. The molecule has 0 spiro atoms. The van der Waals surface area contributed by atoms with Crippen LogP contribution in [-0.4, -0.2) is 22.5 Å². The normalized spacial score (nSPS) is 18.2. The Hall–Kier alpha value is -2.30. The summed E-state index contributed by atoms with van der Waals surface area (Å²) < 4.78 is 4.91. The molecule has 1 aromatic rings. The van der Waals surface area contributed by atoms with Crippen molar-refractivity contribution in [3.8, 4) is 11.5 Å². The van der Waals surface area contributed by atoms with E-state index in [4.69, 9.17) is 4.74 Å². The molecule has 0 amide bonds. The van der Waals surface area contributed by atoms with E-state index >= 15 is 0 Å². The first-order valence-electron chi connectivity index (χ1n) is 5.34. The number of esters is 1. The number of hydrogen-bond acceptors (Lipinski definition) is 5. The van der Waals surface area contributed by atoms with Gasteiger partial charge in [-0.15, -0.1) is 0 Å². The minimum absolute atomic E-state index is 0.00870. The number of allylic oxidation sites excluding steroid dienone is 1. The molecule has 2 N–H and O–H groups in total. The molecule has 1 aliphatic heterocycles. The highest BCUT2D eigenvalue weighted by atomic mass is 16.5. The molecule has 2 rings (SSSR count). The number of ether oxygens (including phenoxy) is 1. The molecule has 0 aliphatic carbocycles. The van der Waals surface area contributed by atoms with Crippen molar-refractivity contribution < 1.29 is 24.5 Å². The van der Waals surface area contributed by atoms with Crippen molar-refractivity contribution in [2.24, 2.45) is 0 Å². The number of fused-ring (bicyclic) bond motifs is 1. The molecular formula is C13H12O5. The fourth-order valence-corrected chi connectivity index (χ4v) is 2.09. The fourth-order valence-electron chi connectivity index (χ4n) is 2.09. The Morgan fingerprint density at radius 1 is 1.33 bits per heavy atom. The quantitative estimate of drug-likeness (QED) is 0.586. The summed E-state index contributed by atoms with van der Waals surface area (Å²) in [4.78, 5) is 22.9. The third-order valence-corrected chi connectivity index (χ3v) is 3.22. The molecule has 1 aromatic carbocycles. The molecule has 94 valence electrons. The zero-order valence-electron chi connectivity index (χ0n) is 9.98. The minimum atomic E-state index is -0.767. The second-order valence-electron chi connectivity index (χ2n) is 4.22. The number of aromatic hydroxyl groups is 2. The van der Waals surface area contributed by atoms with E-state index in [1.54, 1.807) is 6.92 Å². The van der Waals surface area contributed by atoms with E-state index in [2.05, 4.69) is 6.58 Å². The summed E-state index contributed by atoms with van der Waals surface area (Å²) in [6.07, 6.45) is 0.461. The number of carbonyl (C=O) groups excluding carboxylic acids is 2. The summed E-state index contributed by atoms with van der Waals surface area (Å²) in [7, 11) is 0. The molecule has 0 saturated heterocycles. The third-order valence-electron chi connectivity index (χ3n) is 3.22. The highest BCUT2D eigenvalue weighted by Gasteiger charge is 2.35. The summed E-state index contributed by atoms with van der Waals surface area (Å²) in [6, 6.07) is 0. The lowest BCUT2D eigenvalue weighted by Crippen LogP contribution is -2.21.